The molecule has 1 atom stereocenters. The molecular weight excluding hydrogens is 343 g/mol. The first-order valence-corrected chi connectivity index (χ1v) is 7.62. The molecule has 1 aromatic rings. The van der Waals surface area contributed by atoms with Crippen molar-refractivity contribution in [2.75, 3.05) is 26.4 Å². The molecule has 1 fully saturated rings. The molecule has 1 N–H and O–H groups in total. The van der Waals surface area contributed by atoms with Crippen molar-refractivity contribution in [3.05, 3.63) is 29.8 Å². The van der Waals surface area contributed by atoms with Crippen molar-refractivity contribution < 1.29 is 37.3 Å². The molecule has 9 heteroatoms. The molecule has 0 radical (unpaired) electrons. The molecule has 0 bridgehead atoms. The second kappa shape index (κ2) is 8.19. The van der Waals surface area contributed by atoms with Crippen LogP contribution in [0.1, 0.15) is 12.0 Å². The van der Waals surface area contributed by atoms with Gasteiger partial charge in [-0.15, -0.1) is 0 Å². The van der Waals surface area contributed by atoms with E-state index in [4.69, 9.17) is 9.84 Å². The number of carboxylic acid groups (broad SMARTS) is 1. The lowest BCUT2D eigenvalue weighted by Gasteiger charge is -2.35. The van der Waals surface area contributed by atoms with Crippen LogP contribution in [0.15, 0.2) is 24.3 Å². The number of carbonyl (C=O) groups is 2. The second-order valence-corrected chi connectivity index (χ2v) is 5.64. The minimum atomic E-state index is -4.44. The number of halogens is 3. The lowest BCUT2D eigenvalue weighted by atomic mass is 10.1. The second-order valence-electron chi connectivity index (χ2n) is 5.64. The predicted molar refractivity (Wildman–Crippen MR) is 80.3 cm³/mol. The van der Waals surface area contributed by atoms with Crippen molar-refractivity contribution >= 4 is 11.9 Å². The SMILES string of the molecule is O=C(O)CC1COCCN1C(=O)Cc1cccc(OCC(F)(F)F)c1. The summed E-state index contributed by atoms with van der Waals surface area (Å²) in [7, 11) is 0. The van der Waals surface area contributed by atoms with Gasteiger partial charge in [-0.3, -0.25) is 9.59 Å². The number of carboxylic acids is 1. The molecular formula is C16H18F3NO5. The maximum atomic E-state index is 12.4. The maximum absolute atomic E-state index is 12.4. The zero-order chi connectivity index (χ0) is 18.4. The van der Waals surface area contributed by atoms with Crippen molar-refractivity contribution in [3.8, 4) is 5.75 Å². The third-order valence-corrected chi connectivity index (χ3v) is 3.61. The van der Waals surface area contributed by atoms with Crippen LogP contribution in [0.5, 0.6) is 5.75 Å². The summed E-state index contributed by atoms with van der Waals surface area (Å²) in [5.41, 5.74) is 0.491. The van der Waals surface area contributed by atoms with Crippen molar-refractivity contribution in [2.24, 2.45) is 0 Å². The standard InChI is InChI=1S/C16H18F3NO5/c17-16(18,19)10-25-13-3-1-2-11(6-13)7-14(21)20-4-5-24-9-12(20)8-15(22)23/h1-3,6,12H,4-5,7-10H2,(H,22,23). The largest absolute Gasteiger partial charge is 0.484 e. The highest BCUT2D eigenvalue weighted by atomic mass is 19.4. The Hall–Kier alpha value is -2.29. The minimum Gasteiger partial charge on any atom is -0.484 e. The molecule has 1 aliphatic rings. The zero-order valence-electron chi connectivity index (χ0n) is 13.3. The van der Waals surface area contributed by atoms with Gasteiger partial charge in [0.05, 0.1) is 32.1 Å². The van der Waals surface area contributed by atoms with Gasteiger partial charge in [-0.1, -0.05) is 12.1 Å². The van der Waals surface area contributed by atoms with Gasteiger partial charge in [0.25, 0.3) is 0 Å². The maximum Gasteiger partial charge on any atom is 0.422 e. The number of amides is 1. The lowest BCUT2D eigenvalue weighted by molar-refractivity contribution is -0.153. The number of hydrogen-bond donors (Lipinski definition) is 1. The van der Waals surface area contributed by atoms with E-state index >= 15 is 0 Å². The van der Waals surface area contributed by atoms with Gasteiger partial charge in [-0.25, -0.2) is 0 Å². The monoisotopic (exact) mass is 361 g/mol. The molecule has 0 saturated carbocycles. The van der Waals surface area contributed by atoms with Crippen molar-refractivity contribution in [1.82, 2.24) is 4.90 Å². The third-order valence-electron chi connectivity index (χ3n) is 3.61. The van der Waals surface area contributed by atoms with E-state index in [1.165, 1.54) is 23.1 Å². The van der Waals surface area contributed by atoms with Crippen LogP contribution >= 0.6 is 0 Å². The first kappa shape index (κ1) is 19.0. The van der Waals surface area contributed by atoms with Gasteiger partial charge in [-0.2, -0.15) is 13.2 Å². The lowest BCUT2D eigenvalue weighted by Crippen LogP contribution is -2.50. The van der Waals surface area contributed by atoms with Crippen LogP contribution < -0.4 is 4.74 Å². The topological polar surface area (TPSA) is 76.1 Å². The van der Waals surface area contributed by atoms with E-state index in [9.17, 15) is 22.8 Å². The smallest absolute Gasteiger partial charge is 0.422 e. The Balaban J connectivity index is 2.00. The van der Waals surface area contributed by atoms with Crippen LogP contribution in [0.3, 0.4) is 0 Å². The van der Waals surface area contributed by atoms with Crippen molar-refractivity contribution in [1.29, 1.82) is 0 Å². The molecule has 1 heterocycles. The summed E-state index contributed by atoms with van der Waals surface area (Å²) in [6.45, 7) is -0.668. The van der Waals surface area contributed by atoms with Crippen LogP contribution in [0.2, 0.25) is 0 Å². The molecule has 1 amide bonds. The normalized spacial score (nSPS) is 18.0. The van der Waals surface area contributed by atoms with Crippen LogP contribution in [-0.2, 0) is 20.7 Å². The number of aliphatic carboxylic acids is 1. The molecule has 2 rings (SSSR count). The van der Waals surface area contributed by atoms with E-state index < -0.39 is 24.8 Å². The van der Waals surface area contributed by atoms with Crippen molar-refractivity contribution in [2.45, 2.75) is 25.1 Å². The molecule has 0 spiro atoms. The van der Waals surface area contributed by atoms with E-state index in [-0.39, 0.29) is 37.6 Å². The molecule has 1 aliphatic heterocycles. The molecule has 0 aromatic heterocycles. The van der Waals surface area contributed by atoms with Crippen LogP contribution in [0, 0.1) is 0 Å². The highest BCUT2D eigenvalue weighted by Gasteiger charge is 2.30. The third kappa shape index (κ3) is 6.26. The Kier molecular flexibility index (Phi) is 6.24. The van der Waals surface area contributed by atoms with Gasteiger partial charge < -0.3 is 19.5 Å². The number of carbonyl (C=O) groups excluding carboxylic acids is 1. The van der Waals surface area contributed by atoms with Gasteiger partial charge in [0.15, 0.2) is 6.61 Å². The Morgan fingerprint density at radius 2 is 2.12 bits per heavy atom. The number of morpholine rings is 1. The Morgan fingerprint density at radius 1 is 1.36 bits per heavy atom. The summed E-state index contributed by atoms with van der Waals surface area (Å²) in [5, 5.41) is 8.91. The number of ether oxygens (including phenoxy) is 2. The summed E-state index contributed by atoms with van der Waals surface area (Å²) in [4.78, 5) is 24.8. The molecule has 25 heavy (non-hydrogen) atoms. The quantitative estimate of drug-likeness (QED) is 0.837. The molecule has 0 aliphatic carbocycles. The first-order chi connectivity index (χ1) is 11.7. The van der Waals surface area contributed by atoms with Crippen LogP contribution in [0.25, 0.3) is 0 Å². The number of rotatable bonds is 6. The number of alkyl halides is 3. The highest BCUT2D eigenvalue weighted by Crippen LogP contribution is 2.20. The summed E-state index contributed by atoms with van der Waals surface area (Å²) in [6, 6.07) is 5.30. The fraction of sp³-hybridized carbons (Fsp3) is 0.500. The summed E-state index contributed by atoms with van der Waals surface area (Å²) >= 11 is 0. The summed E-state index contributed by atoms with van der Waals surface area (Å²) in [6.07, 6.45) is -4.72. The average molecular weight is 361 g/mol. The van der Waals surface area contributed by atoms with E-state index in [0.29, 0.717) is 12.2 Å². The summed E-state index contributed by atoms with van der Waals surface area (Å²) in [5.74, 6) is -1.31. The van der Waals surface area contributed by atoms with E-state index in [1.807, 2.05) is 0 Å². The van der Waals surface area contributed by atoms with E-state index in [2.05, 4.69) is 4.74 Å². The zero-order valence-corrected chi connectivity index (χ0v) is 13.3. The molecule has 1 aromatic carbocycles. The number of benzene rings is 1. The van der Waals surface area contributed by atoms with Gasteiger partial charge in [0.1, 0.15) is 5.75 Å². The van der Waals surface area contributed by atoms with Crippen LogP contribution in [0.4, 0.5) is 13.2 Å². The molecule has 138 valence electrons. The highest BCUT2D eigenvalue weighted by molar-refractivity contribution is 5.80. The Bertz CT molecular complexity index is 620. The van der Waals surface area contributed by atoms with Gasteiger partial charge in [0, 0.05) is 6.54 Å². The average Bonchev–Trinajstić information content (AvgIpc) is 2.52. The van der Waals surface area contributed by atoms with Crippen LogP contribution in [-0.4, -0.2) is 60.5 Å². The molecule has 1 saturated heterocycles. The van der Waals surface area contributed by atoms with Crippen molar-refractivity contribution in [3.63, 3.8) is 0 Å². The molecule has 6 nitrogen and oxygen atoms in total. The number of hydrogen-bond acceptors (Lipinski definition) is 4. The predicted octanol–water partition coefficient (Wildman–Crippen LogP) is 1.87. The van der Waals surface area contributed by atoms with E-state index in [1.54, 1.807) is 6.07 Å². The fourth-order valence-electron chi connectivity index (χ4n) is 2.54. The van der Waals surface area contributed by atoms with Gasteiger partial charge in [0.2, 0.25) is 5.91 Å². The fourth-order valence-corrected chi connectivity index (χ4v) is 2.54. The number of nitrogens with zero attached hydrogens (tertiary/aromatic N) is 1. The minimum absolute atomic E-state index is 0.0201. The van der Waals surface area contributed by atoms with Gasteiger partial charge in [-0.05, 0) is 17.7 Å². The Morgan fingerprint density at radius 3 is 2.80 bits per heavy atom. The first-order valence-electron chi connectivity index (χ1n) is 7.62. The Labute approximate surface area is 142 Å². The summed E-state index contributed by atoms with van der Waals surface area (Å²) < 4.78 is 46.5. The molecule has 1 unspecified atom stereocenters. The van der Waals surface area contributed by atoms with E-state index in [0.717, 1.165) is 0 Å². The van der Waals surface area contributed by atoms with Gasteiger partial charge >= 0.3 is 12.1 Å².